The van der Waals surface area contributed by atoms with E-state index in [-0.39, 0.29) is 17.9 Å². The maximum Gasteiger partial charge on any atom is 0.293 e. The van der Waals surface area contributed by atoms with Gasteiger partial charge in [-0.1, -0.05) is 6.07 Å². The maximum atomic E-state index is 13.2. The molecule has 0 N–H and O–H groups in total. The lowest BCUT2D eigenvalue weighted by molar-refractivity contribution is 0.0650. The molecule has 1 fully saturated rings. The lowest BCUT2D eigenvalue weighted by atomic mass is 9.79. The van der Waals surface area contributed by atoms with E-state index in [4.69, 9.17) is 13.9 Å². The Morgan fingerprint density at radius 3 is 2.75 bits per heavy atom. The third kappa shape index (κ3) is 2.87. The zero-order valence-corrected chi connectivity index (χ0v) is 15.2. The SMILES string of the molecule is O=C(c1ccccn1)N1N=C2/C(=C\c3ccco3)CCC[C@@H]2[C@H]1c1ccco1. The van der Waals surface area contributed by atoms with Gasteiger partial charge in [-0.3, -0.25) is 9.78 Å². The summed E-state index contributed by atoms with van der Waals surface area (Å²) in [5, 5.41) is 6.32. The first-order valence-electron chi connectivity index (χ1n) is 9.42. The monoisotopic (exact) mass is 373 g/mol. The first-order chi connectivity index (χ1) is 13.8. The molecule has 0 bridgehead atoms. The second kappa shape index (κ2) is 6.96. The standard InChI is InChI=1S/C22H19N3O3/c26-22(18-9-1-2-11-23-18)25-21(19-10-5-13-28-19)17-8-3-6-15(20(17)24-25)14-16-7-4-12-27-16/h1-2,4-5,7,9-14,17,21H,3,6,8H2/b15-14-/t17-,21-/m0/s1. The Labute approximate surface area is 162 Å². The van der Waals surface area contributed by atoms with Gasteiger partial charge in [0.2, 0.25) is 0 Å². The molecule has 1 aliphatic heterocycles. The van der Waals surface area contributed by atoms with Crippen molar-refractivity contribution >= 4 is 17.7 Å². The van der Waals surface area contributed by atoms with Crippen LogP contribution < -0.4 is 0 Å². The van der Waals surface area contributed by atoms with E-state index in [1.807, 2.05) is 30.3 Å². The van der Waals surface area contributed by atoms with Crippen molar-refractivity contribution in [2.75, 3.05) is 0 Å². The van der Waals surface area contributed by atoms with Crippen molar-refractivity contribution in [3.05, 3.63) is 84.0 Å². The van der Waals surface area contributed by atoms with Crippen LogP contribution >= 0.6 is 0 Å². The molecule has 140 valence electrons. The minimum absolute atomic E-state index is 0.0915. The number of amides is 1. The highest BCUT2D eigenvalue weighted by Crippen LogP contribution is 2.44. The average molecular weight is 373 g/mol. The molecule has 6 nitrogen and oxygen atoms in total. The van der Waals surface area contributed by atoms with Crippen molar-refractivity contribution in [2.24, 2.45) is 11.0 Å². The first kappa shape index (κ1) is 16.7. The van der Waals surface area contributed by atoms with Crippen molar-refractivity contribution in [1.29, 1.82) is 0 Å². The van der Waals surface area contributed by atoms with Gasteiger partial charge in [0, 0.05) is 12.1 Å². The Morgan fingerprint density at radius 1 is 1.11 bits per heavy atom. The number of carbonyl (C=O) groups excluding carboxylic acids is 1. The summed E-state index contributed by atoms with van der Waals surface area (Å²) in [6.45, 7) is 0. The molecular weight excluding hydrogens is 354 g/mol. The molecule has 2 atom stereocenters. The zero-order chi connectivity index (χ0) is 18.9. The van der Waals surface area contributed by atoms with E-state index < -0.39 is 0 Å². The molecule has 6 heteroatoms. The topological polar surface area (TPSA) is 71.8 Å². The van der Waals surface area contributed by atoms with Crippen LogP contribution in [-0.2, 0) is 0 Å². The molecule has 0 unspecified atom stereocenters. The molecule has 1 aliphatic carbocycles. The van der Waals surface area contributed by atoms with Crippen LogP contribution in [0.15, 0.2) is 80.7 Å². The van der Waals surface area contributed by atoms with E-state index in [1.165, 1.54) is 0 Å². The fourth-order valence-electron chi connectivity index (χ4n) is 4.06. The third-order valence-corrected chi connectivity index (χ3v) is 5.29. The molecular formula is C22H19N3O3. The van der Waals surface area contributed by atoms with Gasteiger partial charge in [-0.05, 0) is 67.3 Å². The second-order valence-electron chi connectivity index (χ2n) is 6.99. The van der Waals surface area contributed by atoms with Crippen LogP contribution in [0.2, 0.25) is 0 Å². The van der Waals surface area contributed by atoms with Gasteiger partial charge in [0.25, 0.3) is 5.91 Å². The van der Waals surface area contributed by atoms with Crippen molar-refractivity contribution in [3.63, 3.8) is 0 Å². The first-order valence-corrected chi connectivity index (χ1v) is 9.42. The van der Waals surface area contributed by atoms with Crippen LogP contribution in [0.25, 0.3) is 6.08 Å². The number of fused-ring (bicyclic) bond motifs is 1. The van der Waals surface area contributed by atoms with E-state index in [0.29, 0.717) is 5.69 Å². The van der Waals surface area contributed by atoms with Gasteiger partial charge in [0.05, 0.1) is 18.2 Å². The molecule has 1 amide bonds. The lowest BCUT2D eigenvalue weighted by Gasteiger charge is -2.27. The Bertz CT molecular complexity index is 1020. The minimum atomic E-state index is -0.264. The van der Waals surface area contributed by atoms with Crippen molar-refractivity contribution in [1.82, 2.24) is 9.99 Å². The highest BCUT2D eigenvalue weighted by atomic mass is 16.3. The molecule has 1 saturated carbocycles. The molecule has 0 radical (unpaired) electrons. The molecule has 3 aromatic heterocycles. The summed E-state index contributed by atoms with van der Waals surface area (Å²) in [7, 11) is 0. The van der Waals surface area contributed by atoms with E-state index in [2.05, 4.69) is 4.98 Å². The van der Waals surface area contributed by atoms with Gasteiger partial charge < -0.3 is 8.83 Å². The Hall–Kier alpha value is -3.41. The lowest BCUT2D eigenvalue weighted by Crippen LogP contribution is -2.32. The van der Waals surface area contributed by atoms with Crippen LogP contribution in [0.1, 0.15) is 47.3 Å². The van der Waals surface area contributed by atoms with E-state index in [0.717, 1.165) is 42.1 Å². The van der Waals surface area contributed by atoms with Crippen molar-refractivity contribution < 1.29 is 13.6 Å². The number of rotatable bonds is 3. The number of carbonyl (C=O) groups is 1. The number of furan rings is 2. The molecule has 0 saturated heterocycles. The molecule has 4 heterocycles. The molecule has 28 heavy (non-hydrogen) atoms. The van der Waals surface area contributed by atoms with Gasteiger partial charge in [-0.2, -0.15) is 5.10 Å². The van der Waals surface area contributed by atoms with Gasteiger partial charge in [0.15, 0.2) is 0 Å². The van der Waals surface area contributed by atoms with Gasteiger partial charge in [-0.15, -0.1) is 0 Å². The fraction of sp³-hybridized carbons (Fsp3) is 0.227. The minimum Gasteiger partial charge on any atom is -0.467 e. The predicted octanol–water partition coefficient (Wildman–Crippen LogP) is 4.70. The van der Waals surface area contributed by atoms with Crippen LogP contribution in [0.3, 0.4) is 0 Å². The number of hydrazone groups is 1. The zero-order valence-electron chi connectivity index (χ0n) is 15.2. The second-order valence-corrected chi connectivity index (χ2v) is 6.99. The third-order valence-electron chi connectivity index (χ3n) is 5.29. The number of allylic oxidation sites excluding steroid dienone is 1. The van der Waals surface area contributed by atoms with E-state index in [1.54, 1.807) is 41.9 Å². The van der Waals surface area contributed by atoms with Gasteiger partial charge in [0.1, 0.15) is 23.3 Å². The van der Waals surface area contributed by atoms with Crippen LogP contribution in [0, 0.1) is 5.92 Å². The molecule has 3 aromatic rings. The highest BCUT2D eigenvalue weighted by Gasteiger charge is 2.45. The largest absolute Gasteiger partial charge is 0.467 e. The predicted molar refractivity (Wildman–Crippen MR) is 103 cm³/mol. The molecule has 2 aliphatic rings. The Morgan fingerprint density at radius 2 is 2.00 bits per heavy atom. The summed E-state index contributed by atoms with van der Waals surface area (Å²) in [4.78, 5) is 17.4. The number of hydrogen-bond donors (Lipinski definition) is 0. The van der Waals surface area contributed by atoms with Gasteiger partial charge in [-0.25, -0.2) is 5.01 Å². The highest BCUT2D eigenvalue weighted by molar-refractivity contribution is 6.08. The van der Waals surface area contributed by atoms with Crippen molar-refractivity contribution in [2.45, 2.75) is 25.3 Å². The summed E-state index contributed by atoms with van der Waals surface area (Å²) in [5.41, 5.74) is 2.42. The molecule has 5 rings (SSSR count). The van der Waals surface area contributed by atoms with Crippen LogP contribution in [-0.4, -0.2) is 21.6 Å². The summed E-state index contributed by atoms with van der Waals surface area (Å²) < 4.78 is 11.2. The molecule has 0 spiro atoms. The average Bonchev–Trinajstić information content (AvgIpc) is 3.48. The summed E-state index contributed by atoms with van der Waals surface area (Å²) in [5.74, 6) is 1.41. The summed E-state index contributed by atoms with van der Waals surface area (Å²) >= 11 is 0. The van der Waals surface area contributed by atoms with E-state index >= 15 is 0 Å². The fourth-order valence-corrected chi connectivity index (χ4v) is 4.06. The summed E-state index contributed by atoms with van der Waals surface area (Å²) in [6, 6.07) is 12.6. The van der Waals surface area contributed by atoms with Crippen molar-refractivity contribution in [3.8, 4) is 0 Å². The maximum absolute atomic E-state index is 13.2. The van der Waals surface area contributed by atoms with Gasteiger partial charge >= 0.3 is 0 Å². The molecule has 0 aromatic carbocycles. The van der Waals surface area contributed by atoms with Crippen LogP contribution in [0.5, 0.6) is 0 Å². The normalized spacial score (nSPS) is 22.9. The Balaban J connectivity index is 1.57. The summed E-state index contributed by atoms with van der Waals surface area (Å²) in [6.07, 6.45) is 9.83. The quantitative estimate of drug-likeness (QED) is 0.667. The van der Waals surface area contributed by atoms with Crippen LogP contribution in [0.4, 0.5) is 0 Å². The number of aromatic nitrogens is 1. The smallest absolute Gasteiger partial charge is 0.293 e. The number of nitrogens with zero attached hydrogens (tertiary/aromatic N) is 3. The number of pyridine rings is 1. The Kier molecular flexibility index (Phi) is 4.16. The number of hydrogen-bond acceptors (Lipinski definition) is 5. The van der Waals surface area contributed by atoms with E-state index in [9.17, 15) is 4.79 Å².